The second kappa shape index (κ2) is 6.17. The third-order valence-electron chi connectivity index (χ3n) is 2.98. The number of pyridine rings is 1. The van der Waals surface area contributed by atoms with Crippen molar-refractivity contribution in [2.75, 3.05) is 5.73 Å². The largest absolute Gasteiger partial charge is 0.393 e. The molecule has 0 amide bonds. The van der Waals surface area contributed by atoms with E-state index in [1.807, 2.05) is 29.0 Å². The number of hydrogen-bond donors (Lipinski definition) is 1. The molecule has 0 radical (unpaired) electrons. The zero-order valence-electron chi connectivity index (χ0n) is 11.3. The van der Waals surface area contributed by atoms with Crippen molar-refractivity contribution in [1.29, 1.82) is 0 Å². The van der Waals surface area contributed by atoms with Gasteiger partial charge in [0.25, 0.3) is 5.69 Å². The molecule has 22 heavy (non-hydrogen) atoms. The van der Waals surface area contributed by atoms with Crippen LogP contribution in [0.4, 0.5) is 11.4 Å². The molecule has 110 valence electrons. The standard InChI is InChI=1S/C15H11N3O2S2/c16-13-7-11(2-4-15(13)18(19)20)22-12-1-3-14(17-8-12)10-5-6-21-9-10/h1-9H,16H2. The van der Waals surface area contributed by atoms with Crippen molar-refractivity contribution in [3.8, 4) is 11.3 Å². The number of rotatable bonds is 4. The third-order valence-corrected chi connectivity index (χ3v) is 4.63. The Bertz CT molecular complexity index is 802. The molecular formula is C15H11N3O2S2. The normalized spacial score (nSPS) is 10.5. The zero-order valence-corrected chi connectivity index (χ0v) is 12.9. The smallest absolute Gasteiger partial charge is 0.292 e. The summed E-state index contributed by atoms with van der Waals surface area (Å²) in [5.41, 5.74) is 7.81. The number of anilines is 1. The van der Waals surface area contributed by atoms with E-state index in [1.54, 1.807) is 29.7 Å². The van der Waals surface area contributed by atoms with Crippen LogP contribution in [-0.4, -0.2) is 9.91 Å². The molecule has 3 aromatic rings. The maximum absolute atomic E-state index is 10.8. The van der Waals surface area contributed by atoms with E-state index in [2.05, 4.69) is 4.98 Å². The van der Waals surface area contributed by atoms with E-state index in [9.17, 15) is 10.1 Å². The number of thiophene rings is 1. The van der Waals surface area contributed by atoms with Gasteiger partial charge >= 0.3 is 0 Å². The van der Waals surface area contributed by atoms with Crippen molar-refractivity contribution >= 4 is 34.5 Å². The summed E-state index contributed by atoms with van der Waals surface area (Å²) in [6, 6.07) is 10.7. The Morgan fingerprint density at radius 1 is 1.18 bits per heavy atom. The average Bonchev–Trinajstić information content (AvgIpc) is 3.02. The van der Waals surface area contributed by atoms with Gasteiger partial charge in [0, 0.05) is 33.0 Å². The fourth-order valence-corrected chi connectivity index (χ4v) is 3.41. The van der Waals surface area contributed by atoms with Gasteiger partial charge in [-0.1, -0.05) is 11.8 Å². The minimum absolute atomic E-state index is 0.0738. The molecule has 0 aliphatic carbocycles. The van der Waals surface area contributed by atoms with Crippen LogP contribution in [0.25, 0.3) is 11.3 Å². The molecule has 2 aromatic heterocycles. The van der Waals surface area contributed by atoms with E-state index in [0.29, 0.717) is 0 Å². The summed E-state index contributed by atoms with van der Waals surface area (Å²) < 4.78 is 0. The molecule has 0 aliphatic heterocycles. The van der Waals surface area contributed by atoms with Crippen LogP contribution in [0.15, 0.2) is 63.1 Å². The first-order valence-electron chi connectivity index (χ1n) is 6.34. The lowest BCUT2D eigenvalue weighted by molar-refractivity contribution is -0.383. The predicted molar refractivity (Wildman–Crippen MR) is 89.2 cm³/mol. The van der Waals surface area contributed by atoms with Crippen molar-refractivity contribution in [2.24, 2.45) is 0 Å². The van der Waals surface area contributed by atoms with Crippen LogP contribution in [-0.2, 0) is 0 Å². The monoisotopic (exact) mass is 329 g/mol. The first-order chi connectivity index (χ1) is 10.6. The lowest BCUT2D eigenvalue weighted by atomic mass is 10.2. The molecule has 2 heterocycles. The van der Waals surface area contributed by atoms with Gasteiger partial charge in [-0.15, -0.1) is 0 Å². The molecule has 1 aromatic carbocycles. The summed E-state index contributed by atoms with van der Waals surface area (Å²) in [7, 11) is 0. The molecule has 0 fully saturated rings. The Morgan fingerprint density at radius 3 is 2.59 bits per heavy atom. The number of hydrogen-bond acceptors (Lipinski definition) is 6. The molecule has 0 saturated carbocycles. The van der Waals surface area contributed by atoms with Crippen molar-refractivity contribution in [2.45, 2.75) is 9.79 Å². The van der Waals surface area contributed by atoms with Crippen LogP contribution in [0.2, 0.25) is 0 Å². The van der Waals surface area contributed by atoms with E-state index in [-0.39, 0.29) is 11.4 Å². The number of nitro benzene ring substituents is 1. The van der Waals surface area contributed by atoms with Crippen LogP contribution in [0.1, 0.15) is 0 Å². The van der Waals surface area contributed by atoms with Crippen molar-refractivity contribution in [1.82, 2.24) is 4.98 Å². The Labute approximate surface area is 135 Å². The zero-order chi connectivity index (χ0) is 15.5. The highest BCUT2D eigenvalue weighted by molar-refractivity contribution is 7.99. The SMILES string of the molecule is Nc1cc(Sc2ccc(-c3ccsc3)nc2)ccc1[N+](=O)[O-]. The van der Waals surface area contributed by atoms with Gasteiger partial charge in [-0.25, -0.2) is 0 Å². The Hall–Kier alpha value is -2.38. The maximum Gasteiger partial charge on any atom is 0.292 e. The van der Waals surface area contributed by atoms with Gasteiger partial charge in [-0.05, 0) is 35.7 Å². The number of benzene rings is 1. The summed E-state index contributed by atoms with van der Waals surface area (Å²) in [5.74, 6) is 0. The summed E-state index contributed by atoms with van der Waals surface area (Å²) >= 11 is 3.10. The fourth-order valence-electron chi connectivity index (χ4n) is 1.92. The molecular weight excluding hydrogens is 318 g/mol. The van der Waals surface area contributed by atoms with Crippen LogP contribution >= 0.6 is 23.1 Å². The summed E-state index contributed by atoms with van der Waals surface area (Å²) in [5, 5.41) is 14.8. The van der Waals surface area contributed by atoms with Gasteiger partial charge < -0.3 is 5.73 Å². The summed E-state index contributed by atoms with van der Waals surface area (Å²) in [6.45, 7) is 0. The first-order valence-corrected chi connectivity index (χ1v) is 8.10. The minimum Gasteiger partial charge on any atom is -0.393 e. The lowest BCUT2D eigenvalue weighted by Gasteiger charge is -2.04. The number of nitrogens with two attached hydrogens (primary N) is 1. The van der Waals surface area contributed by atoms with E-state index < -0.39 is 4.92 Å². The third kappa shape index (κ3) is 3.10. The number of nitrogen functional groups attached to an aromatic ring is 1. The molecule has 7 heteroatoms. The van der Waals surface area contributed by atoms with Crippen molar-refractivity contribution < 1.29 is 4.92 Å². The number of nitrogens with zero attached hydrogens (tertiary/aromatic N) is 2. The molecule has 0 bridgehead atoms. The van der Waals surface area contributed by atoms with Gasteiger partial charge in [0.2, 0.25) is 0 Å². The van der Waals surface area contributed by atoms with Crippen LogP contribution in [0.3, 0.4) is 0 Å². The number of nitro groups is 1. The molecule has 0 unspecified atom stereocenters. The lowest BCUT2D eigenvalue weighted by Crippen LogP contribution is -1.95. The highest BCUT2D eigenvalue weighted by Gasteiger charge is 2.11. The predicted octanol–water partition coefficient (Wildman–Crippen LogP) is 4.45. The molecule has 2 N–H and O–H groups in total. The molecule has 5 nitrogen and oxygen atoms in total. The molecule has 0 spiro atoms. The van der Waals surface area contributed by atoms with Crippen LogP contribution in [0.5, 0.6) is 0 Å². The second-order valence-corrected chi connectivity index (χ2v) is 6.40. The van der Waals surface area contributed by atoms with E-state index in [0.717, 1.165) is 21.0 Å². The molecule has 0 aliphatic rings. The van der Waals surface area contributed by atoms with Gasteiger partial charge in [-0.2, -0.15) is 11.3 Å². The fraction of sp³-hybridized carbons (Fsp3) is 0. The average molecular weight is 329 g/mol. The summed E-state index contributed by atoms with van der Waals surface area (Å²) in [6.07, 6.45) is 1.79. The van der Waals surface area contributed by atoms with Gasteiger partial charge in [-0.3, -0.25) is 15.1 Å². The van der Waals surface area contributed by atoms with E-state index in [1.165, 1.54) is 17.8 Å². The van der Waals surface area contributed by atoms with Gasteiger partial charge in [0.1, 0.15) is 5.69 Å². The topological polar surface area (TPSA) is 82.0 Å². The van der Waals surface area contributed by atoms with Crippen LogP contribution < -0.4 is 5.73 Å². The highest BCUT2D eigenvalue weighted by Crippen LogP contribution is 2.32. The quantitative estimate of drug-likeness (QED) is 0.434. The maximum atomic E-state index is 10.8. The van der Waals surface area contributed by atoms with Gasteiger partial charge in [0.15, 0.2) is 0 Å². The van der Waals surface area contributed by atoms with Crippen molar-refractivity contribution in [3.05, 3.63) is 63.5 Å². The minimum atomic E-state index is -0.485. The van der Waals surface area contributed by atoms with Crippen LogP contribution in [0, 0.1) is 10.1 Å². The molecule has 3 rings (SSSR count). The van der Waals surface area contributed by atoms with E-state index >= 15 is 0 Å². The first kappa shape index (κ1) is 14.6. The second-order valence-electron chi connectivity index (χ2n) is 4.47. The summed E-state index contributed by atoms with van der Waals surface area (Å²) in [4.78, 5) is 16.5. The molecule has 0 atom stereocenters. The molecule has 0 saturated heterocycles. The van der Waals surface area contributed by atoms with E-state index in [4.69, 9.17) is 5.73 Å². The Balaban J connectivity index is 1.79. The number of aromatic nitrogens is 1. The highest BCUT2D eigenvalue weighted by atomic mass is 32.2. The Kier molecular flexibility index (Phi) is 4.08. The van der Waals surface area contributed by atoms with Crippen molar-refractivity contribution in [3.63, 3.8) is 0 Å². The Morgan fingerprint density at radius 2 is 2.00 bits per heavy atom. The van der Waals surface area contributed by atoms with Gasteiger partial charge in [0.05, 0.1) is 10.6 Å².